The fourth-order valence-corrected chi connectivity index (χ4v) is 3.45. The van der Waals surface area contributed by atoms with Gasteiger partial charge in [0.25, 0.3) is 0 Å². The minimum atomic E-state index is -5.68. The van der Waals surface area contributed by atoms with Crippen LogP contribution in [0.15, 0.2) is 11.4 Å². The summed E-state index contributed by atoms with van der Waals surface area (Å²) in [6, 6.07) is 1.83. The number of thiophene rings is 1. The van der Waals surface area contributed by atoms with Crippen molar-refractivity contribution in [1.29, 1.82) is 0 Å². The maximum absolute atomic E-state index is 12.4. The molecule has 1 aliphatic rings. The quantitative estimate of drug-likeness (QED) is 0.517. The summed E-state index contributed by atoms with van der Waals surface area (Å²) in [5, 5.41) is 4.19. The number of hydrogen-bond acceptors (Lipinski definition) is 6. The Bertz CT molecular complexity index is 569. The van der Waals surface area contributed by atoms with E-state index in [2.05, 4.69) is 9.50 Å². The smallest absolute Gasteiger partial charge is 0.368 e. The summed E-state index contributed by atoms with van der Waals surface area (Å²) < 4.78 is 68.8. The summed E-state index contributed by atoms with van der Waals surface area (Å²) >= 11 is 1.29. The Morgan fingerprint density at radius 2 is 2.25 bits per heavy atom. The molecule has 2 atom stereocenters. The SMILES string of the molecule is CNC(OS(=O)(=O)C(F)(F)F)C1OCCc2ccsc21. The Kier molecular flexibility index (Phi) is 4.40. The Morgan fingerprint density at radius 3 is 2.85 bits per heavy atom. The van der Waals surface area contributed by atoms with Gasteiger partial charge in [0.05, 0.1) is 6.61 Å². The van der Waals surface area contributed by atoms with Crippen LogP contribution in [0.25, 0.3) is 0 Å². The van der Waals surface area contributed by atoms with E-state index in [0.717, 1.165) is 5.56 Å². The van der Waals surface area contributed by atoms with Crippen LogP contribution in [0.1, 0.15) is 16.5 Å². The topological polar surface area (TPSA) is 64.6 Å². The molecule has 114 valence electrons. The van der Waals surface area contributed by atoms with Gasteiger partial charge in [0, 0.05) is 4.88 Å². The highest BCUT2D eigenvalue weighted by Gasteiger charge is 2.50. The van der Waals surface area contributed by atoms with E-state index in [4.69, 9.17) is 4.74 Å². The number of hydrogen-bond donors (Lipinski definition) is 1. The van der Waals surface area contributed by atoms with Crippen LogP contribution in [0.4, 0.5) is 13.2 Å². The third-order valence-corrected chi connectivity index (χ3v) is 4.83. The Hall–Kier alpha value is -0.680. The highest BCUT2D eigenvalue weighted by molar-refractivity contribution is 7.87. The standard InChI is InChI=1S/C10H12F3NO4S2/c1-14-9(18-20(15,16)10(11,12)13)7-8-6(2-4-17-7)3-5-19-8/h3,5,7,9,14H,2,4H2,1H3. The van der Waals surface area contributed by atoms with E-state index in [0.29, 0.717) is 17.9 Å². The summed E-state index contributed by atoms with van der Waals surface area (Å²) in [6.07, 6.45) is -1.68. The van der Waals surface area contributed by atoms with Gasteiger partial charge in [-0.15, -0.1) is 11.3 Å². The Labute approximate surface area is 117 Å². The lowest BCUT2D eigenvalue weighted by atomic mass is 10.1. The molecule has 10 heteroatoms. The van der Waals surface area contributed by atoms with Gasteiger partial charge in [0.2, 0.25) is 0 Å². The third kappa shape index (κ3) is 2.98. The van der Waals surface area contributed by atoms with Crippen molar-refractivity contribution in [3.05, 3.63) is 21.9 Å². The molecule has 2 unspecified atom stereocenters. The molecule has 2 heterocycles. The van der Waals surface area contributed by atoms with Crippen LogP contribution in [-0.2, 0) is 25.5 Å². The van der Waals surface area contributed by atoms with Crippen molar-refractivity contribution in [2.45, 2.75) is 24.3 Å². The molecule has 0 radical (unpaired) electrons. The Morgan fingerprint density at radius 1 is 1.55 bits per heavy atom. The summed E-state index contributed by atoms with van der Waals surface area (Å²) in [5.41, 5.74) is -4.53. The summed E-state index contributed by atoms with van der Waals surface area (Å²) in [4.78, 5) is 0.674. The van der Waals surface area contributed by atoms with Gasteiger partial charge in [-0.05, 0) is 30.5 Å². The van der Waals surface area contributed by atoms with Gasteiger partial charge < -0.3 is 4.74 Å². The number of rotatable bonds is 4. The van der Waals surface area contributed by atoms with Gasteiger partial charge >= 0.3 is 15.6 Å². The van der Waals surface area contributed by atoms with Crippen molar-refractivity contribution < 1.29 is 30.5 Å². The number of alkyl halides is 3. The number of nitrogens with one attached hydrogen (secondary N) is 1. The molecule has 0 aromatic carbocycles. The molecule has 0 spiro atoms. The molecule has 0 saturated carbocycles. The molecule has 1 aromatic heterocycles. The molecule has 1 aromatic rings. The fourth-order valence-electron chi connectivity index (χ4n) is 1.84. The second-order valence-electron chi connectivity index (χ2n) is 4.06. The van der Waals surface area contributed by atoms with Crippen LogP contribution >= 0.6 is 11.3 Å². The van der Waals surface area contributed by atoms with Crippen molar-refractivity contribution in [3.63, 3.8) is 0 Å². The average molecular weight is 331 g/mol. The van der Waals surface area contributed by atoms with Gasteiger partial charge in [0.15, 0.2) is 6.23 Å². The van der Waals surface area contributed by atoms with Crippen molar-refractivity contribution >= 4 is 21.5 Å². The van der Waals surface area contributed by atoms with E-state index in [1.54, 1.807) is 5.38 Å². The maximum Gasteiger partial charge on any atom is 0.523 e. The number of fused-ring (bicyclic) bond motifs is 1. The van der Waals surface area contributed by atoms with Gasteiger partial charge in [-0.3, -0.25) is 5.32 Å². The normalized spacial score (nSPS) is 21.5. The van der Waals surface area contributed by atoms with Gasteiger partial charge in [-0.1, -0.05) is 0 Å². The van der Waals surface area contributed by atoms with Crippen LogP contribution in [0.5, 0.6) is 0 Å². The zero-order valence-electron chi connectivity index (χ0n) is 10.3. The van der Waals surface area contributed by atoms with E-state index in [1.807, 2.05) is 6.07 Å². The molecule has 20 heavy (non-hydrogen) atoms. The number of ether oxygens (including phenoxy) is 1. The van der Waals surface area contributed by atoms with Crippen molar-refractivity contribution in [2.75, 3.05) is 13.7 Å². The van der Waals surface area contributed by atoms with Gasteiger partial charge in [0.1, 0.15) is 6.10 Å². The monoisotopic (exact) mass is 331 g/mol. The predicted molar refractivity (Wildman–Crippen MR) is 65.6 cm³/mol. The van der Waals surface area contributed by atoms with Crippen LogP contribution < -0.4 is 5.32 Å². The maximum atomic E-state index is 12.4. The van der Waals surface area contributed by atoms with Crippen molar-refractivity contribution in [3.8, 4) is 0 Å². The van der Waals surface area contributed by atoms with Crippen molar-refractivity contribution in [1.82, 2.24) is 5.32 Å². The molecule has 0 amide bonds. The lowest BCUT2D eigenvalue weighted by molar-refractivity contribution is -0.0775. The zero-order chi connectivity index (χ0) is 15.0. The third-order valence-electron chi connectivity index (χ3n) is 2.78. The Balaban J connectivity index is 2.23. The largest absolute Gasteiger partial charge is 0.523 e. The minimum absolute atomic E-state index is 0.294. The summed E-state index contributed by atoms with van der Waals surface area (Å²) in [7, 11) is -4.37. The van der Waals surface area contributed by atoms with E-state index in [-0.39, 0.29) is 0 Å². The lowest BCUT2D eigenvalue weighted by Gasteiger charge is -2.29. The van der Waals surface area contributed by atoms with Crippen molar-refractivity contribution in [2.24, 2.45) is 0 Å². The van der Waals surface area contributed by atoms with Gasteiger partial charge in [-0.2, -0.15) is 21.6 Å². The van der Waals surface area contributed by atoms with Crippen LogP contribution in [0, 0.1) is 0 Å². The summed E-state index contributed by atoms with van der Waals surface area (Å²) in [5.74, 6) is 0. The molecular formula is C10H12F3NO4S2. The molecule has 1 aliphatic heterocycles. The number of likely N-dealkylation sites (N-methyl/N-ethyl adjacent to an activating group) is 1. The second-order valence-corrected chi connectivity index (χ2v) is 6.57. The fraction of sp³-hybridized carbons (Fsp3) is 0.600. The first-order valence-electron chi connectivity index (χ1n) is 5.61. The first kappa shape index (κ1) is 15.7. The van der Waals surface area contributed by atoms with E-state index in [1.165, 1.54) is 18.4 Å². The van der Waals surface area contributed by atoms with E-state index >= 15 is 0 Å². The summed E-state index contributed by atoms with van der Waals surface area (Å²) in [6.45, 7) is 0.294. The van der Waals surface area contributed by atoms with Crippen LogP contribution in [-0.4, -0.2) is 33.8 Å². The van der Waals surface area contributed by atoms with E-state index in [9.17, 15) is 21.6 Å². The first-order chi connectivity index (χ1) is 9.26. The molecule has 0 fully saturated rings. The number of halogens is 3. The average Bonchev–Trinajstić information content (AvgIpc) is 2.82. The molecular weight excluding hydrogens is 319 g/mol. The highest BCUT2D eigenvalue weighted by atomic mass is 32.2. The molecule has 2 rings (SSSR count). The zero-order valence-corrected chi connectivity index (χ0v) is 11.9. The molecule has 1 N–H and O–H groups in total. The second kappa shape index (κ2) is 5.60. The van der Waals surface area contributed by atoms with Crippen LogP contribution in [0.3, 0.4) is 0 Å². The molecule has 5 nitrogen and oxygen atoms in total. The molecule has 0 bridgehead atoms. The molecule has 0 aliphatic carbocycles. The van der Waals surface area contributed by atoms with Gasteiger partial charge in [-0.25, -0.2) is 4.18 Å². The molecule has 0 saturated heterocycles. The predicted octanol–water partition coefficient (Wildman–Crippen LogP) is 1.77. The first-order valence-corrected chi connectivity index (χ1v) is 7.90. The van der Waals surface area contributed by atoms with Crippen LogP contribution in [0.2, 0.25) is 0 Å². The minimum Gasteiger partial charge on any atom is -0.368 e. The van der Waals surface area contributed by atoms with E-state index < -0.39 is 28.0 Å². The highest BCUT2D eigenvalue weighted by Crippen LogP contribution is 2.36. The lowest BCUT2D eigenvalue weighted by Crippen LogP contribution is -2.42.